The third kappa shape index (κ3) is 42.4. The van der Waals surface area contributed by atoms with E-state index in [1.165, 1.54) is 103 Å². The lowest BCUT2D eigenvalue weighted by atomic mass is 10.0. The van der Waals surface area contributed by atoms with Gasteiger partial charge in [0.2, 0.25) is 0 Å². The first kappa shape index (κ1) is 57.7. The monoisotopic (exact) mass is 867 g/mol. The number of rotatable bonds is 44. The van der Waals surface area contributed by atoms with Gasteiger partial charge in [-0.3, -0.25) is 18.6 Å². The van der Waals surface area contributed by atoms with Gasteiger partial charge in [-0.2, -0.15) is 0 Å². The number of hydrogen-bond donors (Lipinski definition) is 3. The average Bonchev–Trinajstić information content (AvgIpc) is 3.24. The predicted octanol–water partition coefficient (Wildman–Crippen LogP) is 13.1. The second-order valence-corrected chi connectivity index (χ2v) is 17.2. The Morgan fingerprint density at radius 2 is 0.783 bits per heavy atom. The summed E-state index contributed by atoms with van der Waals surface area (Å²) in [5.41, 5.74) is 0. The maximum absolute atomic E-state index is 12.4. The van der Waals surface area contributed by atoms with E-state index in [2.05, 4.69) is 62.5 Å². The number of carbonyl (C=O) groups excluding carboxylic acids is 2. The van der Waals surface area contributed by atoms with Crippen molar-refractivity contribution in [2.24, 2.45) is 0 Å². The summed E-state index contributed by atoms with van der Waals surface area (Å²) in [5.74, 6) is -1.08. The van der Waals surface area contributed by atoms with Crippen LogP contribution >= 0.6 is 7.82 Å². The van der Waals surface area contributed by atoms with Gasteiger partial charge in [-0.25, -0.2) is 4.57 Å². The maximum Gasteiger partial charge on any atom is 0.472 e. The van der Waals surface area contributed by atoms with Crippen molar-refractivity contribution in [2.45, 2.75) is 212 Å². The van der Waals surface area contributed by atoms with Gasteiger partial charge in [-0.05, 0) is 51.4 Å². The van der Waals surface area contributed by atoms with Gasteiger partial charge in [0, 0.05) is 12.8 Å². The summed E-state index contributed by atoms with van der Waals surface area (Å²) in [6.45, 7) is 2.05. The largest absolute Gasteiger partial charge is 0.472 e. The zero-order chi connectivity index (χ0) is 44.0. The van der Waals surface area contributed by atoms with Gasteiger partial charge in [0.05, 0.1) is 26.4 Å². The highest BCUT2D eigenvalue weighted by molar-refractivity contribution is 7.47. The number of phosphoric acid groups is 1. The lowest BCUT2D eigenvalue weighted by molar-refractivity contribution is -0.153. The summed E-state index contributed by atoms with van der Waals surface area (Å²) in [7, 11) is -4.66. The van der Waals surface area contributed by atoms with Crippen LogP contribution in [0.15, 0.2) is 60.8 Å². The molecule has 0 rings (SSSR count). The topological polar surface area (TPSA) is 149 Å². The van der Waals surface area contributed by atoms with E-state index in [1.54, 1.807) is 0 Å². The highest BCUT2D eigenvalue weighted by Crippen LogP contribution is 2.43. The van der Waals surface area contributed by atoms with Crippen molar-refractivity contribution in [1.82, 2.24) is 0 Å². The van der Waals surface area contributed by atoms with E-state index in [0.29, 0.717) is 19.3 Å². The Morgan fingerprint density at radius 3 is 1.13 bits per heavy atom. The fraction of sp³-hybridized carbons (Fsp3) is 0.755. The van der Waals surface area contributed by atoms with Crippen LogP contribution in [0.4, 0.5) is 0 Å². The fourth-order valence-corrected chi connectivity index (χ4v) is 7.17. The Morgan fingerprint density at radius 1 is 0.467 bits per heavy atom. The molecule has 3 atom stereocenters. The molecule has 0 spiro atoms. The molecule has 0 aromatic heterocycles. The van der Waals surface area contributed by atoms with Crippen molar-refractivity contribution in [2.75, 3.05) is 26.4 Å². The number of phosphoric ester groups is 1. The van der Waals surface area contributed by atoms with Crippen molar-refractivity contribution in [3.8, 4) is 0 Å². The first-order valence-electron chi connectivity index (χ1n) is 23.7. The third-order valence-corrected chi connectivity index (χ3v) is 10.9. The van der Waals surface area contributed by atoms with E-state index < -0.39 is 58.4 Å². The molecule has 0 bridgehead atoms. The summed E-state index contributed by atoms with van der Waals surface area (Å²) in [4.78, 5) is 34.6. The number of hydrogen-bond acceptors (Lipinski definition) is 9. The predicted molar refractivity (Wildman–Crippen MR) is 247 cm³/mol. The number of carbonyl (C=O) groups is 2. The van der Waals surface area contributed by atoms with Crippen LogP contribution in [0.1, 0.15) is 200 Å². The molecule has 11 heteroatoms. The molecule has 0 aromatic carbocycles. The van der Waals surface area contributed by atoms with Crippen molar-refractivity contribution >= 4 is 19.8 Å². The van der Waals surface area contributed by atoms with E-state index >= 15 is 0 Å². The Hall–Kier alpha value is -2.33. The molecule has 0 aromatic rings. The second kappa shape index (κ2) is 44.7. The maximum atomic E-state index is 12.4. The number of unbranched alkanes of at least 4 members (excludes halogenated alkanes) is 20. The molecule has 10 nitrogen and oxygen atoms in total. The number of ether oxygens (including phenoxy) is 2. The minimum atomic E-state index is -4.66. The number of allylic oxidation sites excluding steroid dienone is 10. The molecule has 0 fully saturated rings. The molecule has 3 unspecified atom stereocenters. The van der Waals surface area contributed by atoms with Crippen molar-refractivity contribution < 1.29 is 47.8 Å². The standard InChI is InChI=1S/C49H87O10P/c1-3-5-7-9-11-13-15-17-19-21-22-23-25-27-29-31-33-35-37-39-41-49(53)59-47(43-51)45-57-60(54,55)56-44-46(42-50)58-48(52)40-38-36-34-32-30-28-26-24-20-18-16-14-12-10-8-6-4-2/h6,8,12,14,18,20,26,28,32,34,46-47,50-51H,3-5,7,9-11,13,15-17,19,21-25,27,29-31,33,35-45H2,1-2H3,(H,54,55)/b8-6-,14-12-,20-18-,28-26-,34-32-. The smallest absolute Gasteiger partial charge is 0.457 e. The molecule has 0 saturated heterocycles. The molecule has 0 amide bonds. The lowest BCUT2D eigenvalue weighted by Gasteiger charge is -2.20. The molecule has 0 aliphatic heterocycles. The SMILES string of the molecule is CC/C=C\C/C=C\C/C=C\C/C=C\C/C=C\CCCC(=O)OC(CO)COP(=O)(O)OCC(CO)OC(=O)CCCCCCCCCCCCCCCCCCCCCC. The number of esters is 2. The molecular formula is C49H87O10P. The van der Waals surface area contributed by atoms with Crippen LogP contribution in [0.25, 0.3) is 0 Å². The van der Waals surface area contributed by atoms with Crippen LogP contribution in [-0.2, 0) is 32.7 Å². The third-order valence-electron chi connectivity index (χ3n) is 9.99. The summed E-state index contributed by atoms with van der Waals surface area (Å²) in [5, 5.41) is 19.2. The van der Waals surface area contributed by atoms with E-state index in [9.17, 15) is 29.3 Å². The Balaban J connectivity index is 3.93. The van der Waals surface area contributed by atoms with Gasteiger partial charge in [-0.15, -0.1) is 0 Å². The van der Waals surface area contributed by atoms with E-state index in [0.717, 1.165) is 51.4 Å². The normalized spacial score (nSPS) is 14.3. The van der Waals surface area contributed by atoms with Crippen LogP contribution in [0.5, 0.6) is 0 Å². The summed E-state index contributed by atoms with van der Waals surface area (Å²) in [6.07, 6.45) is 50.6. The number of aliphatic hydroxyl groups is 2. The summed E-state index contributed by atoms with van der Waals surface area (Å²) < 4.78 is 32.6. The second-order valence-electron chi connectivity index (χ2n) is 15.7. The van der Waals surface area contributed by atoms with Crippen LogP contribution in [0.3, 0.4) is 0 Å². The molecule has 0 saturated carbocycles. The van der Waals surface area contributed by atoms with Crippen molar-refractivity contribution in [1.29, 1.82) is 0 Å². The van der Waals surface area contributed by atoms with Gasteiger partial charge in [0.25, 0.3) is 0 Å². The highest BCUT2D eigenvalue weighted by atomic mass is 31.2. The molecular weight excluding hydrogens is 780 g/mol. The van der Waals surface area contributed by atoms with Crippen LogP contribution in [0.2, 0.25) is 0 Å². The van der Waals surface area contributed by atoms with E-state index in [-0.39, 0.29) is 12.8 Å². The van der Waals surface area contributed by atoms with Crippen LogP contribution in [0, 0.1) is 0 Å². The quantitative estimate of drug-likeness (QED) is 0.0234. The molecule has 3 N–H and O–H groups in total. The molecule has 60 heavy (non-hydrogen) atoms. The van der Waals surface area contributed by atoms with Gasteiger partial charge in [0.1, 0.15) is 12.2 Å². The average molecular weight is 867 g/mol. The molecule has 0 aliphatic carbocycles. The van der Waals surface area contributed by atoms with E-state index in [4.69, 9.17) is 18.5 Å². The Bertz CT molecular complexity index is 1180. The van der Waals surface area contributed by atoms with Gasteiger partial charge >= 0.3 is 19.8 Å². The minimum absolute atomic E-state index is 0.112. The van der Waals surface area contributed by atoms with E-state index in [1.807, 2.05) is 12.2 Å². The summed E-state index contributed by atoms with van der Waals surface area (Å²) in [6, 6.07) is 0. The Labute approximate surface area is 366 Å². The highest BCUT2D eigenvalue weighted by Gasteiger charge is 2.27. The van der Waals surface area contributed by atoms with Crippen molar-refractivity contribution in [3.05, 3.63) is 60.8 Å². The first-order valence-corrected chi connectivity index (χ1v) is 25.2. The molecule has 0 aliphatic rings. The zero-order valence-electron chi connectivity index (χ0n) is 37.9. The van der Waals surface area contributed by atoms with Crippen LogP contribution in [-0.4, -0.2) is 65.7 Å². The van der Waals surface area contributed by atoms with Gasteiger partial charge in [-0.1, -0.05) is 197 Å². The zero-order valence-corrected chi connectivity index (χ0v) is 38.8. The molecule has 0 heterocycles. The summed E-state index contributed by atoms with van der Waals surface area (Å²) >= 11 is 0. The fourth-order valence-electron chi connectivity index (χ4n) is 6.39. The minimum Gasteiger partial charge on any atom is -0.457 e. The van der Waals surface area contributed by atoms with Gasteiger partial charge < -0.3 is 24.6 Å². The molecule has 0 radical (unpaired) electrons. The van der Waals surface area contributed by atoms with Crippen LogP contribution < -0.4 is 0 Å². The van der Waals surface area contributed by atoms with Crippen molar-refractivity contribution in [3.63, 3.8) is 0 Å². The number of aliphatic hydroxyl groups excluding tert-OH is 2. The molecule has 348 valence electrons. The lowest BCUT2D eigenvalue weighted by Crippen LogP contribution is -2.28. The first-order chi connectivity index (χ1) is 29.3. The van der Waals surface area contributed by atoms with Gasteiger partial charge in [0.15, 0.2) is 0 Å². The Kier molecular flexibility index (Phi) is 43.0.